The van der Waals surface area contributed by atoms with Gasteiger partial charge in [-0.15, -0.1) is 0 Å². The van der Waals surface area contributed by atoms with Crippen molar-refractivity contribution in [3.05, 3.63) is 29.8 Å². The van der Waals surface area contributed by atoms with Crippen LogP contribution in [-0.4, -0.2) is 59.1 Å². The lowest BCUT2D eigenvalue weighted by Crippen LogP contribution is -2.53. The average Bonchev–Trinajstić information content (AvgIpc) is 2.63. The Morgan fingerprint density at radius 3 is 2.32 bits per heavy atom. The molecule has 0 bridgehead atoms. The van der Waals surface area contributed by atoms with Crippen LogP contribution in [0.3, 0.4) is 0 Å². The third-order valence-corrected chi connectivity index (χ3v) is 3.77. The smallest absolute Gasteiger partial charge is 0.322 e. The predicted octanol–water partition coefficient (Wildman–Crippen LogP) is -1.79. The van der Waals surface area contributed by atoms with E-state index in [9.17, 15) is 19.5 Å². The van der Waals surface area contributed by atoms with E-state index in [2.05, 4.69) is 16.0 Å². The average molecular weight is 394 g/mol. The molecule has 0 spiro atoms. The zero-order valence-electron chi connectivity index (χ0n) is 15.3. The third-order valence-electron chi connectivity index (χ3n) is 3.77. The number of phenols is 1. The summed E-state index contributed by atoms with van der Waals surface area (Å²) in [5.74, 6) is -2.55. The van der Waals surface area contributed by atoms with Crippen molar-refractivity contribution in [1.29, 1.82) is 5.41 Å². The Hall–Kier alpha value is -3.34. The fourth-order valence-corrected chi connectivity index (χ4v) is 2.32. The van der Waals surface area contributed by atoms with Crippen molar-refractivity contribution in [1.82, 2.24) is 16.0 Å². The molecule has 0 aliphatic rings. The van der Waals surface area contributed by atoms with Gasteiger partial charge in [-0.3, -0.25) is 19.8 Å². The van der Waals surface area contributed by atoms with Gasteiger partial charge >= 0.3 is 5.97 Å². The molecule has 11 nitrogen and oxygen atoms in total. The summed E-state index contributed by atoms with van der Waals surface area (Å²) in [6, 6.07) is 4.15. The summed E-state index contributed by atoms with van der Waals surface area (Å²) in [6.45, 7) is -0.199. The van der Waals surface area contributed by atoms with Crippen molar-refractivity contribution < 1.29 is 24.6 Å². The first-order chi connectivity index (χ1) is 13.2. The molecule has 0 radical (unpaired) electrons. The number of carboxylic acid groups (broad SMARTS) is 1. The number of hydrogen-bond acceptors (Lipinski definition) is 6. The Morgan fingerprint density at radius 1 is 1.11 bits per heavy atom. The summed E-state index contributed by atoms with van der Waals surface area (Å²) in [7, 11) is 0. The highest BCUT2D eigenvalue weighted by molar-refractivity contribution is 5.91. The molecule has 0 saturated carbocycles. The minimum absolute atomic E-state index is 0.0563. The first-order valence-corrected chi connectivity index (χ1v) is 8.60. The van der Waals surface area contributed by atoms with Crippen LogP contribution in [0, 0.1) is 5.41 Å². The first kappa shape index (κ1) is 22.7. The summed E-state index contributed by atoms with van der Waals surface area (Å²) < 4.78 is 0. The highest BCUT2D eigenvalue weighted by atomic mass is 16.4. The van der Waals surface area contributed by atoms with E-state index < -0.39 is 36.4 Å². The summed E-state index contributed by atoms with van der Waals surface area (Å²) in [4.78, 5) is 35.3. The number of benzene rings is 1. The molecule has 1 aromatic rings. The normalized spacial score (nSPS) is 12.5. The second kappa shape index (κ2) is 11.4. The van der Waals surface area contributed by atoms with Crippen molar-refractivity contribution in [3.8, 4) is 5.75 Å². The maximum Gasteiger partial charge on any atom is 0.322 e. The number of amides is 2. The molecule has 0 aromatic heterocycles. The van der Waals surface area contributed by atoms with Crippen LogP contribution in [0.15, 0.2) is 24.3 Å². The number of carbonyl (C=O) groups excluding carboxylic acids is 2. The fourth-order valence-electron chi connectivity index (χ4n) is 2.32. The molecule has 1 aromatic carbocycles. The lowest BCUT2D eigenvalue weighted by atomic mass is 10.0. The van der Waals surface area contributed by atoms with Crippen LogP contribution in [0.4, 0.5) is 0 Å². The minimum Gasteiger partial charge on any atom is -0.508 e. The summed E-state index contributed by atoms with van der Waals surface area (Å²) in [5, 5.41) is 32.5. The molecule has 11 heteroatoms. The van der Waals surface area contributed by atoms with Crippen molar-refractivity contribution in [3.63, 3.8) is 0 Å². The first-order valence-electron chi connectivity index (χ1n) is 8.60. The maximum atomic E-state index is 12.3. The Labute approximate surface area is 162 Å². The zero-order chi connectivity index (χ0) is 21.1. The molecular formula is C17H26N6O5. The number of phenolic OH excluding ortho intramolecular Hbond substituents is 1. The second-order valence-electron chi connectivity index (χ2n) is 6.13. The van der Waals surface area contributed by atoms with E-state index in [1.54, 1.807) is 12.1 Å². The number of aromatic hydroxyl groups is 1. The number of nitrogens with two attached hydrogens (primary N) is 2. The number of carbonyl (C=O) groups is 3. The van der Waals surface area contributed by atoms with E-state index in [0.29, 0.717) is 24.9 Å². The molecule has 28 heavy (non-hydrogen) atoms. The second-order valence-corrected chi connectivity index (χ2v) is 6.13. The third kappa shape index (κ3) is 8.85. The number of aliphatic carboxylic acids is 1. The molecule has 1 rings (SSSR count). The number of nitrogens with one attached hydrogen (secondary N) is 4. The summed E-state index contributed by atoms with van der Waals surface area (Å²) in [5.41, 5.74) is 11.7. The van der Waals surface area contributed by atoms with Gasteiger partial charge in [0, 0.05) is 13.0 Å². The van der Waals surface area contributed by atoms with E-state index in [-0.39, 0.29) is 18.1 Å². The summed E-state index contributed by atoms with van der Waals surface area (Å²) in [6.07, 6.45) is 0.882. The van der Waals surface area contributed by atoms with E-state index in [4.69, 9.17) is 22.0 Å². The van der Waals surface area contributed by atoms with Gasteiger partial charge in [0.2, 0.25) is 11.8 Å². The highest BCUT2D eigenvalue weighted by Gasteiger charge is 2.24. The van der Waals surface area contributed by atoms with Gasteiger partial charge in [0.15, 0.2) is 5.96 Å². The Morgan fingerprint density at radius 2 is 1.75 bits per heavy atom. The van der Waals surface area contributed by atoms with Crippen LogP contribution < -0.4 is 27.4 Å². The van der Waals surface area contributed by atoms with Gasteiger partial charge in [0.25, 0.3) is 0 Å². The van der Waals surface area contributed by atoms with Gasteiger partial charge in [-0.1, -0.05) is 12.1 Å². The van der Waals surface area contributed by atoms with E-state index in [1.165, 1.54) is 12.1 Å². The van der Waals surface area contributed by atoms with Crippen LogP contribution in [-0.2, 0) is 20.8 Å². The Bertz CT molecular complexity index is 694. The Balaban J connectivity index is 2.70. The number of rotatable bonds is 11. The van der Waals surface area contributed by atoms with E-state index in [1.807, 2.05) is 0 Å². The van der Waals surface area contributed by atoms with Gasteiger partial charge in [-0.25, -0.2) is 0 Å². The van der Waals surface area contributed by atoms with Gasteiger partial charge in [0.1, 0.15) is 18.3 Å². The molecule has 0 aliphatic heterocycles. The van der Waals surface area contributed by atoms with Crippen LogP contribution in [0.25, 0.3) is 0 Å². The number of hydrogen-bond donors (Lipinski definition) is 8. The van der Waals surface area contributed by atoms with Crippen LogP contribution >= 0.6 is 0 Å². The molecule has 2 amide bonds. The minimum atomic E-state index is -1.21. The van der Waals surface area contributed by atoms with Gasteiger partial charge in [-0.05, 0) is 30.5 Å². The maximum absolute atomic E-state index is 12.3. The van der Waals surface area contributed by atoms with Gasteiger partial charge in [-0.2, -0.15) is 0 Å². The van der Waals surface area contributed by atoms with Crippen LogP contribution in [0.5, 0.6) is 5.75 Å². The van der Waals surface area contributed by atoms with Gasteiger partial charge in [0.05, 0.1) is 6.04 Å². The Kier molecular flexibility index (Phi) is 9.23. The van der Waals surface area contributed by atoms with Crippen LogP contribution in [0.2, 0.25) is 0 Å². The number of guanidine groups is 1. The van der Waals surface area contributed by atoms with Crippen molar-refractivity contribution >= 4 is 23.7 Å². The van der Waals surface area contributed by atoms with E-state index >= 15 is 0 Å². The molecule has 2 atom stereocenters. The standard InChI is InChI=1S/C17H26N6O5/c18-12(2-1-7-21-17(19)20)15(27)23-13(16(28)22-9-14(25)26)8-10-3-5-11(24)6-4-10/h3-6,12-13,24H,1-2,7-9,18H2,(H,22,28)(H,23,27)(H,25,26)(H4,19,20,21). The molecule has 0 saturated heterocycles. The zero-order valence-corrected chi connectivity index (χ0v) is 15.3. The predicted molar refractivity (Wildman–Crippen MR) is 102 cm³/mol. The lowest BCUT2D eigenvalue weighted by Gasteiger charge is -2.20. The SMILES string of the molecule is N=C(N)NCCCC(N)C(=O)NC(Cc1ccc(O)cc1)C(=O)NCC(=O)O. The molecule has 2 unspecified atom stereocenters. The van der Waals surface area contributed by atoms with Crippen molar-refractivity contribution in [2.45, 2.75) is 31.3 Å². The largest absolute Gasteiger partial charge is 0.508 e. The van der Waals surface area contributed by atoms with Crippen molar-refractivity contribution in [2.75, 3.05) is 13.1 Å². The van der Waals surface area contributed by atoms with Gasteiger partial charge < -0.3 is 37.6 Å². The van der Waals surface area contributed by atoms with Crippen molar-refractivity contribution in [2.24, 2.45) is 11.5 Å². The molecule has 0 aliphatic carbocycles. The van der Waals surface area contributed by atoms with Crippen LogP contribution in [0.1, 0.15) is 18.4 Å². The topological polar surface area (TPSA) is 204 Å². The molecule has 0 heterocycles. The molecular weight excluding hydrogens is 368 g/mol. The quantitative estimate of drug-likeness (QED) is 0.122. The highest BCUT2D eigenvalue weighted by Crippen LogP contribution is 2.11. The number of carboxylic acids is 1. The molecule has 0 fully saturated rings. The lowest BCUT2D eigenvalue weighted by molar-refractivity contribution is -0.138. The monoisotopic (exact) mass is 394 g/mol. The molecule has 10 N–H and O–H groups in total. The van der Waals surface area contributed by atoms with E-state index in [0.717, 1.165) is 0 Å². The fraction of sp³-hybridized carbons (Fsp3) is 0.412. The summed E-state index contributed by atoms with van der Waals surface area (Å²) >= 11 is 0. The molecule has 154 valence electrons.